The molecule has 3 aromatic heterocycles. The summed E-state index contributed by atoms with van der Waals surface area (Å²) in [7, 11) is 0. The smallest absolute Gasteiger partial charge is 0.235 e. The SMILES string of the molecule is c1ccc(-c2nc(N3c4ccccc4-n4c5cccc6oc7cccc(c8cccc3c84)c7c65)nc3ccccc23)cc1. The zero-order valence-corrected chi connectivity index (χ0v) is 22.9. The third-order valence-corrected chi connectivity index (χ3v) is 8.71. The lowest BCUT2D eigenvalue weighted by Gasteiger charge is -2.33. The van der Waals surface area contributed by atoms with Crippen LogP contribution in [0.25, 0.3) is 71.6 Å². The third-order valence-electron chi connectivity index (χ3n) is 8.71. The number of rotatable bonds is 2. The molecule has 0 N–H and O–H groups in total. The molecule has 0 fully saturated rings. The summed E-state index contributed by atoms with van der Waals surface area (Å²) in [4.78, 5) is 12.7. The van der Waals surface area contributed by atoms with E-state index in [0.717, 1.165) is 83.0 Å². The number of furan rings is 1. The molecule has 9 aromatic rings. The van der Waals surface area contributed by atoms with Crippen molar-refractivity contribution in [2.45, 2.75) is 0 Å². The minimum absolute atomic E-state index is 0.640. The van der Waals surface area contributed by atoms with Gasteiger partial charge in [-0.2, -0.15) is 0 Å². The van der Waals surface area contributed by atoms with Gasteiger partial charge in [0.1, 0.15) is 11.2 Å². The third kappa shape index (κ3) is 3.00. The maximum atomic E-state index is 6.38. The van der Waals surface area contributed by atoms with Crippen LogP contribution in [0.5, 0.6) is 0 Å². The average Bonchev–Trinajstić information content (AvgIpc) is 3.40. The van der Waals surface area contributed by atoms with Crippen LogP contribution >= 0.6 is 0 Å². The molecule has 0 spiro atoms. The first kappa shape index (κ1) is 22.7. The van der Waals surface area contributed by atoms with Crippen molar-refractivity contribution in [2.75, 3.05) is 4.90 Å². The predicted octanol–water partition coefficient (Wildman–Crippen LogP) is 10.1. The van der Waals surface area contributed by atoms with E-state index < -0.39 is 0 Å². The Kier molecular flexibility index (Phi) is 4.39. The Morgan fingerprint density at radius 2 is 1.16 bits per heavy atom. The van der Waals surface area contributed by atoms with Gasteiger partial charge in [-0.3, -0.25) is 4.90 Å². The lowest BCUT2D eigenvalue weighted by Crippen LogP contribution is -2.21. The van der Waals surface area contributed by atoms with Crippen molar-refractivity contribution in [1.82, 2.24) is 14.5 Å². The molecule has 10 rings (SSSR count). The van der Waals surface area contributed by atoms with Gasteiger partial charge in [-0.15, -0.1) is 0 Å². The van der Waals surface area contributed by atoms with E-state index in [2.05, 4.69) is 125 Å². The second kappa shape index (κ2) is 8.30. The number of aromatic nitrogens is 3. The molecule has 200 valence electrons. The van der Waals surface area contributed by atoms with Gasteiger partial charge in [-0.05, 0) is 47.9 Å². The van der Waals surface area contributed by atoms with Crippen LogP contribution in [-0.4, -0.2) is 14.5 Å². The van der Waals surface area contributed by atoms with Crippen LogP contribution in [0, 0.1) is 0 Å². The number of benzene rings is 6. The summed E-state index contributed by atoms with van der Waals surface area (Å²) in [5.41, 5.74) is 9.99. The fraction of sp³-hybridized carbons (Fsp3) is 0. The second-order valence-electron chi connectivity index (χ2n) is 11.0. The molecule has 1 aliphatic rings. The summed E-state index contributed by atoms with van der Waals surface area (Å²) < 4.78 is 8.78. The monoisotopic (exact) mass is 550 g/mol. The molecule has 0 radical (unpaired) electrons. The average molecular weight is 551 g/mol. The lowest BCUT2D eigenvalue weighted by molar-refractivity contribution is 0.669. The molecule has 1 aliphatic heterocycles. The fourth-order valence-corrected chi connectivity index (χ4v) is 6.96. The van der Waals surface area contributed by atoms with E-state index in [-0.39, 0.29) is 0 Å². The molecule has 0 saturated carbocycles. The lowest BCUT2D eigenvalue weighted by atomic mass is 10.0. The van der Waals surface area contributed by atoms with Crippen LogP contribution in [0.15, 0.2) is 138 Å². The molecule has 6 aromatic carbocycles. The maximum Gasteiger partial charge on any atom is 0.235 e. The minimum atomic E-state index is 0.640. The van der Waals surface area contributed by atoms with E-state index in [0.29, 0.717) is 5.95 Å². The second-order valence-corrected chi connectivity index (χ2v) is 11.0. The van der Waals surface area contributed by atoms with E-state index in [9.17, 15) is 0 Å². The van der Waals surface area contributed by atoms with Gasteiger partial charge < -0.3 is 8.98 Å². The van der Waals surface area contributed by atoms with E-state index >= 15 is 0 Å². The van der Waals surface area contributed by atoms with Gasteiger partial charge in [-0.25, -0.2) is 9.97 Å². The highest BCUT2D eigenvalue weighted by molar-refractivity contribution is 6.27. The van der Waals surface area contributed by atoms with Crippen LogP contribution in [0.1, 0.15) is 0 Å². The number of hydrogen-bond acceptors (Lipinski definition) is 4. The Morgan fingerprint density at radius 1 is 0.488 bits per heavy atom. The molecular formula is C38H22N4O. The van der Waals surface area contributed by atoms with Crippen molar-refractivity contribution in [3.63, 3.8) is 0 Å². The molecule has 0 unspecified atom stereocenters. The predicted molar refractivity (Wildman–Crippen MR) is 175 cm³/mol. The van der Waals surface area contributed by atoms with Gasteiger partial charge in [0.25, 0.3) is 0 Å². The van der Waals surface area contributed by atoms with E-state index in [1.165, 1.54) is 0 Å². The summed E-state index contributed by atoms with van der Waals surface area (Å²) >= 11 is 0. The number of para-hydroxylation sites is 4. The van der Waals surface area contributed by atoms with Crippen molar-refractivity contribution in [1.29, 1.82) is 0 Å². The van der Waals surface area contributed by atoms with E-state index in [4.69, 9.17) is 14.4 Å². The van der Waals surface area contributed by atoms with Gasteiger partial charge in [0.15, 0.2) is 0 Å². The highest BCUT2D eigenvalue weighted by Crippen LogP contribution is 2.49. The normalized spacial score (nSPS) is 12.6. The Labute approximate surface area is 245 Å². The van der Waals surface area contributed by atoms with Gasteiger partial charge in [0.05, 0.1) is 44.7 Å². The molecule has 0 saturated heterocycles. The molecule has 5 heteroatoms. The van der Waals surface area contributed by atoms with Crippen molar-refractivity contribution in [3.05, 3.63) is 133 Å². The first-order valence-corrected chi connectivity index (χ1v) is 14.4. The molecule has 0 bridgehead atoms. The van der Waals surface area contributed by atoms with Crippen molar-refractivity contribution in [2.24, 2.45) is 0 Å². The Hall–Kier alpha value is -5.94. The molecular weight excluding hydrogens is 528 g/mol. The van der Waals surface area contributed by atoms with Crippen molar-refractivity contribution < 1.29 is 4.42 Å². The van der Waals surface area contributed by atoms with Gasteiger partial charge >= 0.3 is 0 Å². The van der Waals surface area contributed by atoms with Gasteiger partial charge in [0, 0.05) is 21.7 Å². The highest BCUT2D eigenvalue weighted by Gasteiger charge is 2.30. The molecule has 0 amide bonds. The highest BCUT2D eigenvalue weighted by atomic mass is 16.3. The number of hydrogen-bond donors (Lipinski definition) is 0. The van der Waals surface area contributed by atoms with E-state index in [1.54, 1.807) is 0 Å². The minimum Gasteiger partial charge on any atom is -0.456 e. The van der Waals surface area contributed by atoms with Crippen LogP contribution in [-0.2, 0) is 0 Å². The number of anilines is 3. The van der Waals surface area contributed by atoms with Crippen LogP contribution in [0.4, 0.5) is 17.3 Å². The molecule has 5 nitrogen and oxygen atoms in total. The van der Waals surface area contributed by atoms with Crippen molar-refractivity contribution >= 4 is 72.0 Å². The topological polar surface area (TPSA) is 47.1 Å². The maximum absolute atomic E-state index is 6.38. The Bertz CT molecular complexity index is 2580. The zero-order chi connectivity index (χ0) is 28.1. The zero-order valence-electron chi connectivity index (χ0n) is 22.9. The van der Waals surface area contributed by atoms with Crippen LogP contribution in [0.2, 0.25) is 0 Å². The summed E-state index contributed by atoms with van der Waals surface area (Å²) in [6.45, 7) is 0. The number of fused-ring (bicyclic) bond motifs is 5. The molecule has 4 heterocycles. The molecule has 0 aliphatic carbocycles. The number of nitrogens with zero attached hydrogens (tertiary/aromatic N) is 4. The standard InChI is InChI=1S/C38H22N4O/c1-2-11-23(12-3-1)36-26-13-4-5-16-27(26)39-38(40-36)42-29-18-7-6-17-28(29)41-30-19-10-22-33-35(30)34-24(14-9-21-32(34)43-33)25-15-8-20-31(42)37(25)41/h1-22H. The van der Waals surface area contributed by atoms with Crippen LogP contribution in [0.3, 0.4) is 0 Å². The summed E-state index contributed by atoms with van der Waals surface area (Å²) in [5.74, 6) is 0.640. The van der Waals surface area contributed by atoms with Gasteiger partial charge in [-0.1, -0.05) is 91.0 Å². The quantitative estimate of drug-likeness (QED) is 0.215. The Morgan fingerprint density at radius 3 is 2.07 bits per heavy atom. The molecule has 43 heavy (non-hydrogen) atoms. The summed E-state index contributed by atoms with van der Waals surface area (Å²) in [6, 6.07) is 46.4. The fourth-order valence-electron chi connectivity index (χ4n) is 6.96. The van der Waals surface area contributed by atoms with Gasteiger partial charge in [0.2, 0.25) is 5.95 Å². The molecule has 0 atom stereocenters. The summed E-state index contributed by atoms with van der Waals surface area (Å²) in [6.07, 6.45) is 0. The first-order valence-electron chi connectivity index (χ1n) is 14.4. The van der Waals surface area contributed by atoms with E-state index in [1.807, 2.05) is 18.2 Å². The summed E-state index contributed by atoms with van der Waals surface area (Å²) in [5, 5.41) is 5.61. The first-order chi connectivity index (χ1) is 21.3. The van der Waals surface area contributed by atoms with Crippen molar-refractivity contribution in [3.8, 4) is 16.9 Å². The largest absolute Gasteiger partial charge is 0.456 e. The van der Waals surface area contributed by atoms with Crippen LogP contribution < -0.4 is 4.90 Å². The Balaban J connectivity index is 1.40.